The largest absolute Gasteiger partial charge is 0.389 e. The number of nitrogens with zero attached hydrogens (tertiary/aromatic N) is 3. The van der Waals surface area contributed by atoms with E-state index < -0.39 is 6.10 Å². The van der Waals surface area contributed by atoms with Crippen LogP contribution in [0.1, 0.15) is 31.3 Å². The van der Waals surface area contributed by atoms with Gasteiger partial charge in [0.25, 0.3) is 0 Å². The summed E-state index contributed by atoms with van der Waals surface area (Å²) in [6, 6.07) is 1.93. The van der Waals surface area contributed by atoms with Crippen molar-refractivity contribution in [1.82, 2.24) is 14.9 Å². The van der Waals surface area contributed by atoms with Gasteiger partial charge in [0.2, 0.25) is 0 Å². The molecule has 1 aliphatic heterocycles. The first-order chi connectivity index (χ1) is 8.65. The monoisotopic (exact) mass is 251 g/mol. The fraction of sp³-hybridized carbons (Fsp3) is 0.692. The van der Waals surface area contributed by atoms with E-state index in [0.29, 0.717) is 25.7 Å². The lowest BCUT2D eigenvalue weighted by atomic mass is 10.2. The summed E-state index contributed by atoms with van der Waals surface area (Å²) in [6.45, 7) is 7.48. The fourth-order valence-corrected chi connectivity index (χ4v) is 2.01. The smallest absolute Gasteiger partial charge is 0.131 e. The molecule has 100 valence electrons. The van der Waals surface area contributed by atoms with E-state index in [2.05, 4.69) is 28.7 Å². The van der Waals surface area contributed by atoms with E-state index in [0.717, 1.165) is 24.6 Å². The van der Waals surface area contributed by atoms with Gasteiger partial charge in [-0.25, -0.2) is 9.97 Å². The van der Waals surface area contributed by atoms with E-state index in [-0.39, 0.29) is 0 Å². The average Bonchev–Trinajstić information content (AvgIpc) is 2.54. The molecule has 0 saturated carbocycles. The van der Waals surface area contributed by atoms with Crippen molar-refractivity contribution in [2.24, 2.45) is 0 Å². The molecule has 0 aliphatic carbocycles. The molecule has 1 fully saturated rings. The molecule has 0 aromatic carbocycles. The van der Waals surface area contributed by atoms with Crippen molar-refractivity contribution < 1.29 is 9.84 Å². The molecule has 18 heavy (non-hydrogen) atoms. The second kappa shape index (κ2) is 6.22. The third-order valence-corrected chi connectivity index (χ3v) is 2.96. The Bertz CT molecular complexity index is 384. The second-order valence-corrected chi connectivity index (χ2v) is 5.02. The van der Waals surface area contributed by atoms with Crippen LogP contribution in [0.2, 0.25) is 0 Å². The van der Waals surface area contributed by atoms with Gasteiger partial charge in [-0.2, -0.15) is 0 Å². The molecule has 5 heteroatoms. The molecule has 0 amide bonds. The molecule has 0 spiro atoms. The van der Waals surface area contributed by atoms with Crippen LogP contribution >= 0.6 is 0 Å². The van der Waals surface area contributed by atoms with Crippen LogP contribution in [0.5, 0.6) is 0 Å². The predicted octanol–water partition coefficient (Wildman–Crippen LogP) is 0.793. The van der Waals surface area contributed by atoms with Crippen LogP contribution in [0, 0.1) is 0 Å². The van der Waals surface area contributed by atoms with Crippen LogP contribution < -0.4 is 0 Å². The number of β-amino-alcohol motifs (C(OH)–C–C–N with tert-alkyl or cyclic N) is 1. The highest BCUT2D eigenvalue weighted by atomic mass is 16.5. The summed E-state index contributed by atoms with van der Waals surface area (Å²) in [7, 11) is 0. The van der Waals surface area contributed by atoms with E-state index >= 15 is 0 Å². The van der Waals surface area contributed by atoms with Crippen molar-refractivity contribution in [3.63, 3.8) is 0 Å². The topological polar surface area (TPSA) is 58.5 Å². The zero-order valence-corrected chi connectivity index (χ0v) is 11.0. The first-order valence-corrected chi connectivity index (χ1v) is 6.45. The number of aromatic nitrogens is 2. The van der Waals surface area contributed by atoms with Gasteiger partial charge in [0.1, 0.15) is 5.82 Å². The molecule has 1 aromatic rings. The van der Waals surface area contributed by atoms with Crippen molar-refractivity contribution >= 4 is 0 Å². The minimum atomic E-state index is -0.404. The molecule has 2 rings (SSSR count). The lowest BCUT2D eigenvalue weighted by molar-refractivity contribution is 0.0562. The second-order valence-electron chi connectivity index (χ2n) is 5.02. The van der Waals surface area contributed by atoms with Gasteiger partial charge in [0.15, 0.2) is 0 Å². The van der Waals surface area contributed by atoms with Crippen LogP contribution in [-0.4, -0.2) is 52.4 Å². The van der Waals surface area contributed by atoms with Gasteiger partial charge in [-0.3, -0.25) is 4.90 Å². The molecule has 1 atom stereocenters. The maximum absolute atomic E-state index is 9.68. The third-order valence-electron chi connectivity index (χ3n) is 2.96. The van der Waals surface area contributed by atoms with Crippen molar-refractivity contribution in [1.29, 1.82) is 0 Å². The third kappa shape index (κ3) is 3.73. The first-order valence-electron chi connectivity index (χ1n) is 6.45. The lowest BCUT2D eigenvalue weighted by Crippen LogP contribution is -2.32. The minimum Gasteiger partial charge on any atom is -0.389 e. The summed E-state index contributed by atoms with van der Waals surface area (Å²) >= 11 is 0. The molecule has 2 heterocycles. The SMILES string of the molecule is CC(C)c1nccc(CN2CCOC[C@@H](O)C2)n1. The van der Waals surface area contributed by atoms with Crippen molar-refractivity contribution in [3.05, 3.63) is 23.8 Å². The Kier molecular flexibility index (Phi) is 4.63. The standard InChI is InChI=1S/C13H21N3O2/c1-10(2)13-14-4-3-11(15-13)7-16-5-6-18-9-12(17)8-16/h3-4,10,12,17H,5-9H2,1-2H3/t12-/m0/s1. The minimum absolute atomic E-state index is 0.336. The Morgan fingerprint density at radius 1 is 1.56 bits per heavy atom. The Balaban J connectivity index is 2.01. The fourth-order valence-electron chi connectivity index (χ4n) is 2.01. The Morgan fingerprint density at radius 2 is 2.39 bits per heavy atom. The van der Waals surface area contributed by atoms with E-state index in [9.17, 15) is 5.11 Å². The molecule has 5 nitrogen and oxygen atoms in total. The Hall–Kier alpha value is -1.04. The van der Waals surface area contributed by atoms with Gasteiger partial charge >= 0.3 is 0 Å². The molecule has 1 aliphatic rings. The quantitative estimate of drug-likeness (QED) is 0.861. The van der Waals surface area contributed by atoms with Gasteiger partial charge in [0.05, 0.1) is 25.0 Å². The van der Waals surface area contributed by atoms with Crippen molar-refractivity contribution in [3.8, 4) is 0 Å². The first kappa shape index (κ1) is 13.4. The highest BCUT2D eigenvalue weighted by molar-refractivity contribution is 5.04. The molecule has 0 unspecified atom stereocenters. The van der Waals surface area contributed by atoms with Crippen LogP contribution in [0.3, 0.4) is 0 Å². The highest BCUT2D eigenvalue weighted by Gasteiger charge is 2.17. The lowest BCUT2D eigenvalue weighted by Gasteiger charge is -2.20. The maximum Gasteiger partial charge on any atom is 0.131 e. The van der Waals surface area contributed by atoms with Gasteiger partial charge in [-0.15, -0.1) is 0 Å². The van der Waals surface area contributed by atoms with Crippen LogP contribution in [0.25, 0.3) is 0 Å². The number of hydrogen-bond donors (Lipinski definition) is 1. The van der Waals surface area contributed by atoms with Gasteiger partial charge < -0.3 is 9.84 Å². The molecule has 1 N–H and O–H groups in total. The number of hydrogen-bond acceptors (Lipinski definition) is 5. The maximum atomic E-state index is 9.68. The highest BCUT2D eigenvalue weighted by Crippen LogP contribution is 2.10. The average molecular weight is 251 g/mol. The predicted molar refractivity (Wildman–Crippen MR) is 68.2 cm³/mol. The zero-order valence-electron chi connectivity index (χ0n) is 11.0. The van der Waals surface area contributed by atoms with Gasteiger partial charge in [-0.05, 0) is 6.07 Å². The summed E-state index contributed by atoms with van der Waals surface area (Å²) in [4.78, 5) is 11.0. The molecule has 1 aromatic heterocycles. The summed E-state index contributed by atoms with van der Waals surface area (Å²) in [6.07, 6.45) is 1.40. The zero-order chi connectivity index (χ0) is 13.0. The molecule has 1 saturated heterocycles. The van der Waals surface area contributed by atoms with Crippen LogP contribution in [-0.2, 0) is 11.3 Å². The number of rotatable bonds is 3. The molecule has 0 bridgehead atoms. The summed E-state index contributed by atoms with van der Waals surface area (Å²) in [5.41, 5.74) is 1.00. The summed E-state index contributed by atoms with van der Waals surface area (Å²) < 4.78 is 5.31. The summed E-state index contributed by atoms with van der Waals surface area (Å²) in [5.74, 6) is 1.21. The molecular weight excluding hydrogens is 230 g/mol. The van der Waals surface area contributed by atoms with E-state index in [1.165, 1.54) is 0 Å². The van der Waals surface area contributed by atoms with Crippen molar-refractivity contribution in [2.45, 2.75) is 32.4 Å². The normalized spacial score (nSPS) is 22.1. The Labute approximate surface area is 108 Å². The van der Waals surface area contributed by atoms with E-state index in [1.54, 1.807) is 0 Å². The van der Waals surface area contributed by atoms with Gasteiger partial charge in [0, 0.05) is 31.7 Å². The van der Waals surface area contributed by atoms with Crippen LogP contribution in [0.15, 0.2) is 12.3 Å². The summed E-state index contributed by atoms with van der Waals surface area (Å²) in [5, 5.41) is 9.68. The number of aliphatic hydroxyl groups is 1. The van der Waals surface area contributed by atoms with Gasteiger partial charge in [-0.1, -0.05) is 13.8 Å². The molecule has 0 radical (unpaired) electrons. The van der Waals surface area contributed by atoms with Crippen LogP contribution in [0.4, 0.5) is 0 Å². The van der Waals surface area contributed by atoms with E-state index in [1.807, 2.05) is 12.3 Å². The van der Waals surface area contributed by atoms with Crippen molar-refractivity contribution in [2.75, 3.05) is 26.3 Å². The molecular formula is C13H21N3O2. The number of aliphatic hydroxyl groups excluding tert-OH is 1. The Morgan fingerprint density at radius 3 is 3.17 bits per heavy atom. The van der Waals surface area contributed by atoms with E-state index in [4.69, 9.17) is 4.74 Å². The number of ether oxygens (including phenoxy) is 1.